The normalized spacial score (nSPS) is 11.7. The van der Waals surface area contributed by atoms with Crippen LogP contribution in [-0.4, -0.2) is 8.07 Å². The van der Waals surface area contributed by atoms with Crippen LogP contribution in [0.15, 0.2) is 24.3 Å². The monoisotopic (exact) mass is 178 g/mol. The summed E-state index contributed by atoms with van der Waals surface area (Å²) in [6, 6.07) is 10.3. The minimum atomic E-state index is -1.08. The second-order valence-electron chi connectivity index (χ2n) is 4.11. The van der Waals surface area contributed by atoms with Gasteiger partial charge in [-0.05, 0) is 6.92 Å². The van der Waals surface area contributed by atoms with E-state index in [-0.39, 0.29) is 0 Å². The Morgan fingerprint density at radius 2 is 1.92 bits per heavy atom. The molecule has 0 N–H and O–H groups in total. The Morgan fingerprint density at radius 1 is 1.25 bits per heavy atom. The second kappa shape index (κ2) is 3.44. The summed E-state index contributed by atoms with van der Waals surface area (Å²) in [5, 5.41) is 1.59. The quantitative estimate of drug-likeness (QED) is 0.611. The Bertz CT molecular complexity index is 263. The lowest BCUT2D eigenvalue weighted by molar-refractivity contribution is 1.37. The van der Waals surface area contributed by atoms with Gasteiger partial charge in [-0.15, -0.1) is 0 Å². The molecule has 1 rings (SSSR count). The van der Waals surface area contributed by atoms with Crippen LogP contribution in [0.4, 0.5) is 0 Å². The number of benzene rings is 1. The molecule has 0 aliphatic carbocycles. The molecule has 0 aromatic heterocycles. The van der Waals surface area contributed by atoms with Gasteiger partial charge in [-0.25, -0.2) is 0 Å². The average molecular weight is 178 g/mol. The van der Waals surface area contributed by atoms with Gasteiger partial charge in [-0.3, -0.25) is 0 Å². The van der Waals surface area contributed by atoms with Gasteiger partial charge in [0.2, 0.25) is 0 Å². The zero-order valence-electron chi connectivity index (χ0n) is 8.52. The molecule has 0 nitrogen and oxygen atoms in total. The third-order valence-electron chi connectivity index (χ3n) is 2.68. The fourth-order valence-electron chi connectivity index (χ4n) is 1.27. The van der Waals surface area contributed by atoms with Crippen molar-refractivity contribution < 1.29 is 0 Å². The zero-order chi connectivity index (χ0) is 9.19. The van der Waals surface area contributed by atoms with E-state index in [1.807, 2.05) is 0 Å². The van der Waals surface area contributed by atoms with Crippen LogP contribution in [0.1, 0.15) is 12.5 Å². The number of hydrogen-bond acceptors (Lipinski definition) is 0. The maximum atomic E-state index is 2.43. The highest BCUT2D eigenvalue weighted by Crippen LogP contribution is 2.09. The molecule has 1 aromatic carbocycles. The Balaban J connectivity index is 3.03. The van der Waals surface area contributed by atoms with Gasteiger partial charge in [0.1, 0.15) is 0 Å². The molecule has 0 spiro atoms. The smallest absolute Gasteiger partial charge is 0.0675 e. The molecular weight excluding hydrogens is 160 g/mol. The molecule has 1 heteroatoms. The Morgan fingerprint density at radius 3 is 2.42 bits per heavy atom. The van der Waals surface area contributed by atoms with E-state index in [1.54, 1.807) is 5.19 Å². The SMILES string of the molecule is CC[Si](C)(C)c1cccc(C)c1. The van der Waals surface area contributed by atoms with Crippen molar-refractivity contribution in [1.29, 1.82) is 0 Å². The first-order valence-corrected chi connectivity index (χ1v) is 7.84. The molecule has 0 amide bonds. The summed E-state index contributed by atoms with van der Waals surface area (Å²) in [6.07, 6.45) is 0. The van der Waals surface area contributed by atoms with E-state index < -0.39 is 8.07 Å². The lowest BCUT2D eigenvalue weighted by Crippen LogP contribution is -2.40. The molecule has 0 aliphatic heterocycles. The van der Waals surface area contributed by atoms with E-state index in [0.29, 0.717) is 0 Å². The van der Waals surface area contributed by atoms with E-state index in [0.717, 1.165) is 0 Å². The van der Waals surface area contributed by atoms with Crippen molar-refractivity contribution in [3.8, 4) is 0 Å². The van der Waals surface area contributed by atoms with Crippen LogP contribution < -0.4 is 5.19 Å². The molecule has 0 aliphatic rings. The Labute approximate surface area is 76.6 Å². The fraction of sp³-hybridized carbons (Fsp3) is 0.455. The first-order valence-electron chi connectivity index (χ1n) is 4.63. The van der Waals surface area contributed by atoms with Crippen LogP contribution in [0.25, 0.3) is 0 Å². The molecular formula is C11H18Si. The second-order valence-corrected chi connectivity index (χ2v) is 9.16. The first-order chi connectivity index (χ1) is 5.56. The van der Waals surface area contributed by atoms with E-state index in [1.165, 1.54) is 11.6 Å². The third kappa shape index (κ3) is 1.98. The molecule has 1 aromatic rings. The van der Waals surface area contributed by atoms with Gasteiger partial charge in [-0.2, -0.15) is 0 Å². The average Bonchev–Trinajstić information content (AvgIpc) is 2.05. The van der Waals surface area contributed by atoms with Gasteiger partial charge in [0.05, 0.1) is 8.07 Å². The maximum absolute atomic E-state index is 2.43. The summed E-state index contributed by atoms with van der Waals surface area (Å²) in [5.74, 6) is 0. The van der Waals surface area contributed by atoms with Gasteiger partial charge in [0.15, 0.2) is 0 Å². The topological polar surface area (TPSA) is 0 Å². The standard InChI is InChI=1S/C11H18Si/c1-5-12(3,4)11-8-6-7-10(2)9-11/h6-9H,5H2,1-4H3. The van der Waals surface area contributed by atoms with Gasteiger partial charge in [0, 0.05) is 0 Å². The minimum Gasteiger partial charge on any atom is -0.0675 e. The summed E-state index contributed by atoms with van der Waals surface area (Å²) in [6.45, 7) is 9.34. The number of aryl methyl sites for hydroxylation is 1. The molecule has 0 bridgehead atoms. The van der Waals surface area contributed by atoms with Gasteiger partial charge >= 0.3 is 0 Å². The molecule has 0 unspecified atom stereocenters. The lowest BCUT2D eigenvalue weighted by atomic mass is 10.2. The molecule has 0 heterocycles. The molecule has 0 saturated carbocycles. The van der Waals surface area contributed by atoms with Gasteiger partial charge in [-0.1, -0.05) is 61.1 Å². The summed E-state index contributed by atoms with van der Waals surface area (Å²) in [7, 11) is -1.08. The van der Waals surface area contributed by atoms with E-state index >= 15 is 0 Å². The van der Waals surface area contributed by atoms with Crippen LogP contribution in [0.2, 0.25) is 19.1 Å². The molecule has 12 heavy (non-hydrogen) atoms. The highest BCUT2D eigenvalue weighted by molar-refractivity contribution is 6.89. The van der Waals surface area contributed by atoms with Crippen molar-refractivity contribution in [2.24, 2.45) is 0 Å². The maximum Gasteiger partial charge on any atom is 0.0803 e. The van der Waals surface area contributed by atoms with Crippen LogP contribution in [0.5, 0.6) is 0 Å². The van der Waals surface area contributed by atoms with Gasteiger partial charge < -0.3 is 0 Å². The molecule has 0 radical (unpaired) electrons. The Kier molecular flexibility index (Phi) is 2.73. The largest absolute Gasteiger partial charge is 0.0803 e. The van der Waals surface area contributed by atoms with Crippen molar-refractivity contribution in [2.75, 3.05) is 0 Å². The third-order valence-corrected chi connectivity index (χ3v) is 6.33. The number of rotatable bonds is 2. The van der Waals surface area contributed by atoms with Crippen LogP contribution in [-0.2, 0) is 0 Å². The molecule has 0 saturated heterocycles. The van der Waals surface area contributed by atoms with E-state index in [4.69, 9.17) is 0 Å². The zero-order valence-corrected chi connectivity index (χ0v) is 9.52. The summed E-state index contributed by atoms with van der Waals surface area (Å²) in [5.41, 5.74) is 1.39. The Hall–Kier alpha value is -0.563. The number of hydrogen-bond donors (Lipinski definition) is 0. The molecule has 0 fully saturated rings. The highest BCUT2D eigenvalue weighted by atomic mass is 28.3. The predicted molar refractivity (Wildman–Crippen MR) is 58.8 cm³/mol. The van der Waals surface area contributed by atoms with Crippen molar-refractivity contribution in [2.45, 2.75) is 33.0 Å². The van der Waals surface area contributed by atoms with Crippen LogP contribution in [0.3, 0.4) is 0 Å². The van der Waals surface area contributed by atoms with E-state index in [9.17, 15) is 0 Å². The van der Waals surface area contributed by atoms with Crippen LogP contribution >= 0.6 is 0 Å². The van der Waals surface area contributed by atoms with Crippen LogP contribution in [0, 0.1) is 6.92 Å². The first kappa shape index (κ1) is 9.52. The molecule has 66 valence electrons. The highest BCUT2D eigenvalue weighted by Gasteiger charge is 2.19. The summed E-state index contributed by atoms with van der Waals surface area (Å²) >= 11 is 0. The van der Waals surface area contributed by atoms with Crippen molar-refractivity contribution in [3.05, 3.63) is 29.8 Å². The summed E-state index contributed by atoms with van der Waals surface area (Å²) in [4.78, 5) is 0. The fourth-order valence-corrected chi connectivity index (χ4v) is 2.84. The van der Waals surface area contributed by atoms with Crippen molar-refractivity contribution in [1.82, 2.24) is 0 Å². The van der Waals surface area contributed by atoms with Gasteiger partial charge in [0.25, 0.3) is 0 Å². The lowest BCUT2D eigenvalue weighted by Gasteiger charge is -2.20. The van der Waals surface area contributed by atoms with E-state index in [2.05, 4.69) is 51.2 Å². The predicted octanol–water partition coefficient (Wildman–Crippen LogP) is 2.93. The van der Waals surface area contributed by atoms with Crippen molar-refractivity contribution >= 4 is 13.3 Å². The molecule has 0 atom stereocenters. The van der Waals surface area contributed by atoms with Crippen molar-refractivity contribution in [3.63, 3.8) is 0 Å². The minimum absolute atomic E-state index is 1.08. The summed E-state index contributed by atoms with van der Waals surface area (Å²) < 4.78 is 0.